The Labute approximate surface area is 300 Å². The van der Waals surface area contributed by atoms with Gasteiger partial charge in [0.15, 0.2) is 0 Å². The molecule has 5 atom stereocenters. The normalized spacial score (nSPS) is 25.9. The third kappa shape index (κ3) is 12.4. The van der Waals surface area contributed by atoms with Gasteiger partial charge in [-0.3, -0.25) is 9.69 Å². The highest BCUT2D eigenvalue weighted by Crippen LogP contribution is 2.32. The molecule has 2 aliphatic heterocycles. The van der Waals surface area contributed by atoms with Gasteiger partial charge in [-0.15, -0.1) is 0 Å². The number of nitrogens with zero attached hydrogens (tertiary/aromatic N) is 3. The van der Waals surface area contributed by atoms with Gasteiger partial charge < -0.3 is 19.3 Å². The van der Waals surface area contributed by atoms with E-state index in [1.54, 1.807) is 4.90 Å². The van der Waals surface area contributed by atoms with Crippen LogP contribution in [-0.4, -0.2) is 78.5 Å². The second-order valence-corrected chi connectivity index (χ2v) is 15.6. The van der Waals surface area contributed by atoms with Gasteiger partial charge in [-0.2, -0.15) is 0 Å². The molecule has 2 saturated heterocycles. The monoisotopic (exact) mass is 687 g/mol. The first-order chi connectivity index (χ1) is 24.3. The van der Waals surface area contributed by atoms with E-state index in [-0.39, 0.29) is 24.0 Å². The van der Waals surface area contributed by atoms with Crippen molar-refractivity contribution in [3.63, 3.8) is 0 Å². The van der Waals surface area contributed by atoms with E-state index in [1.165, 1.54) is 45.1 Å². The van der Waals surface area contributed by atoms with E-state index in [4.69, 9.17) is 9.47 Å². The molecule has 8 heteroatoms. The van der Waals surface area contributed by atoms with Crippen molar-refractivity contribution < 1.29 is 23.9 Å². The standard InChI is InChI=1S/C22H31NO3.C20H30N2O2/c1-17-7-5-11-20(13-17)21(24)14-19-10-6-12-23(15-19)22(25)26-16-18-8-3-2-4-9-18;1-17-6-5-9-19(14-17)15-21-10-12-22(13-11-21)20(23)24-16-18-7-3-2-4-8-18/h2-4,8-9,17,19-20H,5-7,10-16H2,1H3;2-4,7-8,17,19H,5-6,9-16H2,1H3/t17-,19?,20+;17-,19+/m11/s1. The number of carbonyl (C=O) groups is 3. The summed E-state index contributed by atoms with van der Waals surface area (Å²) in [5.41, 5.74) is 2.03. The first-order valence-electron chi connectivity index (χ1n) is 19.5. The second-order valence-electron chi connectivity index (χ2n) is 15.6. The molecule has 274 valence electrons. The lowest BCUT2D eigenvalue weighted by Crippen LogP contribution is -2.50. The van der Waals surface area contributed by atoms with Crippen LogP contribution >= 0.6 is 0 Å². The lowest BCUT2D eigenvalue weighted by Gasteiger charge is -2.37. The van der Waals surface area contributed by atoms with Crippen LogP contribution in [0.25, 0.3) is 0 Å². The number of amides is 2. The summed E-state index contributed by atoms with van der Waals surface area (Å²) in [6.45, 7) is 11.4. The van der Waals surface area contributed by atoms with E-state index >= 15 is 0 Å². The number of ether oxygens (including phenoxy) is 2. The zero-order chi connectivity index (χ0) is 35.1. The number of likely N-dealkylation sites (tertiary alicyclic amines) is 1. The topological polar surface area (TPSA) is 79.4 Å². The fourth-order valence-electron chi connectivity index (χ4n) is 8.40. The molecular weight excluding hydrogens is 626 g/mol. The lowest BCUT2D eigenvalue weighted by atomic mass is 9.77. The summed E-state index contributed by atoms with van der Waals surface area (Å²) < 4.78 is 10.9. The van der Waals surface area contributed by atoms with Gasteiger partial charge in [-0.25, -0.2) is 9.59 Å². The molecule has 2 aromatic rings. The molecule has 4 fully saturated rings. The highest BCUT2D eigenvalue weighted by atomic mass is 16.6. The summed E-state index contributed by atoms with van der Waals surface area (Å²) in [5, 5.41) is 0. The summed E-state index contributed by atoms with van der Waals surface area (Å²) in [6, 6.07) is 19.6. The zero-order valence-corrected chi connectivity index (χ0v) is 30.7. The predicted octanol–water partition coefficient (Wildman–Crippen LogP) is 8.59. The van der Waals surface area contributed by atoms with Crippen molar-refractivity contribution in [3.8, 4) is 0 Å². The van der Waals surface area contributed by atoms with Crippen LogP contribution in [-0.2, 0) is 27.5 Å². The lowest BCUT2D eigenvalue weighted by molar-refractivity contribution is -0.125. The van der Waals surface area contributed by atoms with Crippen molar-refractivity contribution in [2.75, 3.05) is 45.8 Å². The van der Waals surface area contributed by atoms with Crippen molar-refractivity contribution >= 4 is 18.0 Å². The number of benzene rings is 2. The summed E-state index contributed by atoms with van der Waals surface area (Å²) in [7, 11) is 0. The minimum absolute atomic E-state index is 0.176. The van der Waals surface area contributed by atoms with Crippen LogP contribution in [0.2, 0.25) is 0 Å². The van der Waals surface area contributed by atoms with E-state index < -0.39 is 0 Å². The highest BCUT2D eigenvalue weighted by Gasteiger charge is 2.31. The van der Waals surface area contributed by atoms with Crippen molar-refractivity contribution in [2.24, 2.45) is 29.6 Å². The minimum Gasteiger partial charge on any atom is -0.445 e. The minimum atomic E-state index is -0.253. The van der Waals surface area contributed by atoms with Crippen molar-refractivity contribution in [2.45, 2.75) is 97.7 Å². The summed E-state index contributed by atoms with van der Waals surface area (Å²) in [4.78, 5) is 43.4. The van der Waals surface area contributed by atoms with Crippen LogP contribution in [0.5, 0.6) is 0 Å². The Morgan fingerprint density at radius 2 is 1.18 bits per heavy atom. The molecule has 0 bridgehead atoms. The maximum Gasteiger partial charge on any atom is 0.410 e. The highest BCUT2D eigenvalue weighted by molar-refractivity contribution is 5.81. The number of piperazine rings is 1. The van der Waals surface area contributed by atoms with E-state index in [9.17, 15) is 14.4 Å². The van der Waals surface area contributed by atoms with Crippen LogP contribution in [0, 0.1) is 29.6 Å². The fourth-order valence-corrected chi connectivity index (χ4v) is 8.40. The van der Waals surface area contributed by atoms with Gasteiger partial charge in [0, 0.05) is 58.2 Å². The Kier molecular flexibility index (Phi) is 15.0. The van der Waals surface area contributed by atoms with Gasteiger partial charge in [-0.05, 0) is 73.3 Å². The van der Waals surface area contributed by atoms with Gasteiger partial charge in [0.25, 0.3) is 0 Å². The molecule has 6 rings (SSSR count). The van der Waals surface area contributed by atoms with Crippen LogP contribution in [0.3, 0.4) is 0 Å². The number of ketones is 1. The van der Waals surface area contributed by atoms with Crippen molar-refractivity contribution in [1.29, 1.82) is 0 Å². The van der Waals surface area contributed by atoms with Gasteiger partial charge in [0.05, 0.1) is 0 Å². The molecule has 2 heterocycles. The Bertz CT molecular complexity index is 1320. The third-order valence-corrected chi connectivity index (χ3v) is 11.3. The number of hydrogen-bond acceptors (Lipinski definition) is 6. The van der Waals surface area contributed by atoms with E-state index in [1.807, 2.05) is 65.6 Å². The molecule has 2 aliphatic carbocycles. The van der Waals surface area contributed by atoms with Crippen molar-refractivity contribution in [3.05, 3.63) is 71.8 Å². The second kappa shape index (κ2) is 19.9. The molecule has 0 N–H and O–H groups in total. The maximum absolute atomic E-state index is 12.7. The maximum atomic E-state index is 12.7. The molecule has 8 nitrogen and oxygen atoms in total. The molecule has 50 heavy (non-hydrogen) atoms. The Hall–Kier alpha value is -3.39. The average molecular weight is 688 g/mol. The van der Waals surface area contributed by atoms with E-state index in [0.29, 0.717) is 37.9 Å². The molecule has 0 radical (unpaired) electrons. The first kappa shape index (κ1) is 37.9. The predicted molar refractivity (Wildman–Crippen MR) is 197 cm³/mol. The molecule has 0 spiro atoms. The van der Waals surface area contributed by atoms with Gasteiger partial charge in [0.2, 0.25) is 0 Å². The van der Waals surface area contributed by atoms with E-state index in [0.717, 1.165) is 81.4 Å². The molecule has 4 aliphatic rings. The largest absolute Gasteiger partial charge is 0.445 e. The third-order valence-electron chi connectivity index (χ3n) is 11.3. The summed E-state index contributed by atoms with van der Waals surface area (Å²) in [5.74, 6) is 3.37. The number of Topliss-reactive ketones (excluding diaryl/α,β-unsaturated/α-hetero) is 1. The van der Waals surface area contributed by atoms with Gasteiger partial charge >= 0.3 is 12.2 Å². The zero-order valence-electron chi connectivity index (χ0n) is 30.7. The molecule has 0 aromatic heterocycles. The molecule has 2 saturated carbocycles. The number of hydrogen-bond donors (Lipinski definition) is 0. The smallest absolute Gasteiger partial charge is 0.410 e. The van der Waals surface area contributed by atoms with Crippen LogP contribution in [0.1, 0.15) is 95.6 Å². The van der Waals surface area contributed by atoms with Crippen LogP contribution in [0.4, 0.5) is 9.59 Å². The molecule has 2 amide bonds. The Morgan fingerprint density at radius 1 is 0.620 bits per heavy atom. The average Bonchev–Trinajstić information content (AvgIpc) is 3.14. The number of carbonyl (C=O) groups excluding carboxylic acids is 3. The number of rotatable bonds is 9. The number of piperidine rings is 1. The van der Waals surface area contributed by atoms with Crippen LogP contribution in [0.15, 0.2) is 60.7 Å². The first-order valence-corrected chi connectivity index (χ1v) is 19.5. The Morgan fingerprint density at radius 3 is 1.78 bits per heavy atom. The van der Waals surface area contributed by atoms with Gasteiger partial charge in [-0.1, -0.05) is 100 Å². The van der Waals surface area contributed by atoms with Gasteiger partial charge in [0.1, 0.15) is 19.0 Å². The Balaban J connectivity index is 0.000000195. The molecule has 2 aromatic carbocycles. The van der Waals surface area contributed by atoms with Crippen molar-refractivity contribution in [1.82, 2.24) is 14.7 Å². The van der Waals surface area contributed by atoms with Crippen LogP contribution < -0.4 is 0 Å². The summed E-state index contributed by atoms with van der Waals surface area (Å²) in [6.07, 6.45) is 12.3. The summed E-state index contributed by atoms with van der Waals surface area (Å²) >= 11 is 0. The SMILES string of the molecule is C[C@@H]1CCC[C@H](C(=O)CC2CCCN(C(=O)OCc3ccccc3)C2)C1.C[C@@H]1CCC[C@H](CN2CCN(C(=O)OCc3ccccc3)CC2)C1. The molecular formula is C42H61N3O5. The fraction of sp³-hybridized carbons (Fsp3) is 0.643. The quantitative estimate of drug-likeness (QED) is 0.263. The van der Waals surface area contributed by atoms with E-state index in [2.05, 4.69) is 18.7 Å². The molecule has 1 unspecified atom stereocenters.